The predicted octanol–water partition coefficient (Wildman–Crippen LogP) is 1.21. The summed E-state index contributed by atoms with van der Waals surface area (Å²) in [7, 11) is -1.66. The highest BCUT2D eigenvalue weighted by Gasteiger charge is 2.26. The van der Waals surface area contributed by atoms with E-state index in [-0.39, 0.29) is 5.75 Å². The molecular formula is C11H16N2O3S. The fourth-order valence-electron chi connectivity index (χ4n) is 1.93. The lowest BCUT2D eigenvalue weighted by Gasteiger charge is -2.28. The van der Waals surface area contributed by atoms with E-state index in [4.69, 9.17) is 10.5 Å². The first-order chi connectivity index (χ1) is 8.04. The fourth-order valence-corrected chi connectivity index (χ4v) is 3.57. The van der Waals surface area contributed by atoms with Gasteiger partial charge >= 0.3 is 0 Å². The lowest BCUT2D eigenvalue weighted by Crippen LogP contribution is -2.37. The number of nitrogens with two attached hydrogens (primary N) is 1. The topological polar surface area (TPSA) is 72.6 Å². The molecule has 0 saturated carbocycles. The summed E-state index contributed by atoms with van der Waals surface area (Å²) in [6.45, 7) is 0.523. The second kappa shape index (κ2) is 4.44. The summed E-state index contributed by atoms with van der Waals surface area (Å²) in [6.07, 6.45) is 1.61. The largest absolute Gasteiger partial charge is 0.495 e. The first kappa shape index (κ1) is 12.0. The molecule has 0 bridgehead atoms. The zero-order valence-corrected chi connectivity index (χ0v) is 10.5. The van der Waals surface area contributed by atoms with Crippen molar-refractivity contribution in [2.75, 3.05) is 29.4 Å². The van der Waals surface area contributed by atoms with Crippen LogP contribution in [0.25, 0.3) is 0 Å². The van der Waals surface area contributed by atoms with Gasteiger partial charge in [0.1, 0.15) is 5.75 Å². The minimum atomic E-state index is -3.18. The van der Waals surface area contributed by atoms with Crippen molar-refractivity contribution in [2.24, 2.45) is 0 Å². The third-order valence-corrected chi connectivity index (χ3v) is 4.72. The van der Waals surface area contributed by atoms with Gasteiger partial charge in [0.05, 0.1) is 24.2 Å². The molecule has 2 N–H and O–H groups in total. The lowest BCUT2D eigenvalue weighted by atomic mass is 10.2. The summed E-state index contributed by atoms with van der Waals surface area (Å²) in [6, 6.07) is 5.04. The summed E-state index contributed by atoms with van der Waals surface area (Å²) < 4.78 is 30.4. The summed E-state index contributed by atoms with van der Waals surface area (Å²) in [5, 5.41) is 0. The van der Waals surface area contributed by atoms with E-state index in [0.29, 0.717) is 23.7 Å². The van der Waals surface area contributed by atoms with Crippen LogP contribution in [0.4, 0.5) is 11.4 Å². The van der Waals surface area contributed by atoms with Crippen LogP contribution >= 0.6 is 0 Å². The van der Waals surface area contributed by atoms with E-state index < -0.39 is 10.0 Å². The van der Waals surface area contributed by atoms with Crippen molar-refractivity contribution < 1.29 is 13.2 Å². The molecule has 0 aliphatic carbocycles. The van der Waals surface area contributed by atoms with E-state index in [0.717, 1.165) is 12.8 Å². The number of anilines is 2. The highest BCUT2D eigenvalue weighted by Crippen LogP contribution is 2.30. The number of benzene rings is 1. The summed E-state index contributed by atoms with van der Waals surface area (Å²) in [5.41, 5.74) is 6.83. The van der Waals surface area contributed by atoms with Crippen molar-refractivity contribution in [2.45, 2.75) is 12.8 Å². The Morgan fingerprint density at radius 3 is 2.76 bits per heavy atom. The molecule has 94 valence electrons. The van der Waals surface area contributed by atoms with Crippen LogP contribution in [0.2, 0.25) is 0 Å². The number of ether oxygens (including phenoxy) is 1. The molecule has 1 aliphatic rings. The Balaban J connectivity index is 2.39. The molecule has 1 aromatic rings. The summed E-state index contributed by atoms with van der Waals surface area (Å²) >= 11 is 0. The number of rotatable bonds is 2. The molecule has 1 aromatic carbocycles. The fraction of sp³-hybridized carbons (Fsp3) is 0.455. The van der Waals surface area contributed by atoms with E-state index in [1.807, 2.05) is 0 Å². The predicted molar refractivity (Wildman–Crippen MR) is 67.8 cm³/mol. The molecule has 1 fully saturated rings. The van der Waals surface area contributed by atoms with Gasteiger partial charge in [0.15, 0.2) is 0 Å². The van der Waals surface area contributed by atoms with Crippen LogP contribution in [0.5, 0.6) is 5.75 Å². The van der Waals surface area contributed by atoms with Crippen molar-refractivity contribution in [1.82, 2.24) is 0 Å². The minimum absolute atomic E-state index is 0.208. The maximum absolute atomic E-state index is 11.9. The molecule has 0 radical (unpaired) electrons. The Labute approximate surface area is 101 Å². The van der Waals surface area contributed by atoms with Crippen LogP contribution in [0.15, 0.2) is 18.2 Å². The van der Waals surface area contributed by atoms with Gasteiger partial charge in [-0.15, -0.1) is 0 Å². The van der Waals surface area contributed by atoms with Gasteiger partial charge in [-0.05, 0) is 25.0 Å². The van der Waals surface area contributed by atoms with Gasteiger partial charge in [0.2, 0.25) is 10.0 Å². The number of nitrogen functional groups attached to an aromatic ring is 1. The average molecular weight is 256 g/mol. The number of sulfonamides is 1. The van der Waals surface area contributed by atoms with Crippen molar-refractivity contribution in [3.63, 3.8) is 0 Å². The monoisotopic (exact) mass is 256 g/mol. The highest BCUT2D eigenvalue weighted by molar-refractivity contribution is 7.92. The molecule has 0 unspecified atom stereocenters. The Hall–Kier alpha value is -1.43. The Morgan fingerprint density at radius 1 is 1.35 bits per heavy atom. The molecule has 6 heteroatoms. The van der Waals surface area contributed by atoms with Gasteiger partial charge < -0.3 is 10.5 Å². The van der Waals surface area contributed by atoms with Crippen LogP contribution < -0.4 is 14.8 Å². The molecule has 0 amide bonds. The minimum Gasteiger partial charge on any atom is -0.495 e. The van der Waals surface area contributed by atoms with Gasteiger partial charge in [-0.3, -0.25) is 4.31 Å². The second-order valence-corrected chi connectivity index (χ2v) is 6.03. The second-order valence-electron chi connectivity index (χ2n) is 4.02. The van der Waals surface area contributed by atoms with E-state index >= 15 is 0 Å². The third-order valence-electron chi connectivity index (χ3n) is 2.85. The smallest absolute Gasteiger partial charge is 0.235 e. The quantitative estimate of drug-likeness (QED) is 0.807. The zero-order valence-electron chi connectivity index (χ0n) is 9.72. The van der Waals surface area contributed by atoms with Crippen molar-refractivity contribution in [3.8, 4) is 5.75 Å². The first-order valence-electron chi connectivity index (χ1n) is 5.48. The van der Waals surface area contributed by atoms with E-state index in [9.17, 15) is 8.42 Å². The van der Waals surface area contributed by atoms with Crippen LogP contribution in [0, 0.1) is 0 Å². The maximum atomic E-state index is 11.9. The molecule has 2 rings (SSSR count). The Morgan fingerprint density at radius 2 is 2.12 bits per heavy atom. The van der Waals surface area contributed by atoms with Gasteiger partial charge in [-0.25, -0.2) is 8.42 Å². The SMILES string of the molecule is COc1cc(N2CCCCS2(=O)=O)ccc1N. The van der Waals surface area contributed by atoms with Crippen LogP contribution in [-0.2, 0) is 10.0 Å². The zero-order chi connectivity index (χ0) is 12.5. The van der Waals surface area contributed by atoms with Crippen molar-refractivity contribution in [1.29, 1.82) is 0 Å². The number of nitrogens with zero attached hydrogens (tertiary/aromatic N) is 1. The Bertz CT molecular complexity index is 513. The van der Waals surface area contributed by atoms with E-state index in [2.05, 4.69) is 0 Å². The van der Waals surface area contributed by atoms with E-state index in [1.54, 1.807) is 18.2 Å². The number of methoxy groups -OCH3 is 1. The van der Waals surface area contributed by atoms with Crippen LogP contribution in [0.1, 0.15) is 12.8 Å². The molecule has 5 nitrogen and oxygen atoms in total. The van der Waals surface area contributed by atoms with Gasteiger partial charge in [0.25, 0.3) is 0 Å². The molecular weight excluding hydrogens is 240 g/mol. The molecule has 1 saturated heterocycles. The molecule has 17 heavy (non-hydrogen) atoms. The van der Waals surface area contributed by atoms with E-state index in [1.165, 1.54) is 11.4 Å². The molecule has 1 heterocycles. The summed E-state index contributed by atoms with van der Waals surface area (Å²) in [4.78, 5) is 0. The van der Waals surface area contributed by atoms with Gasteiger partial charge in [-0.1, -0.05) is 0 Å². The number of hydrogen-bond acceptors (Lipinski definition) is 4. The van der Waals surface area contributed by atoms with Crippen molar-refractivity contribution in [3.05, 3.63) is 18.2 Å². The maximum Gasteiger partial charge on any atom is 0.235 e. The normalized spacial score (nSPS) is 19.0. The first-order valence-corrected chi connectivity index (χ1v) is 7.09. The van der Waals surface area contributed by atoms with Crippen LogP contribution in [0.3, 0.4) is 0 Å². The van der Waals surface area contributed by atoms with Gasteiger partial charge in [-0.2, -0.15) is 0 Å². The Kier molecular flexibility index (Phi) is 3.15. The highest BCUT2D eigenvalue weighted by atomic mass is 32.2. The molecule has 0 atom stereocenters. The third kappa shape index (κ3) is 2.31. The number of hydrogen-bond donors (Lipinski definition) is 1. The van der Waals surface area contributed by atoms with Crippen molar-refractivity contribution >= 4 is 21.4 Å². The van der Waals surface area contributed by atoms with Gasteiger partial charge in [0, 0.05) is 12.6 Å². The molecule has 0 spiro atoms. The lowest BCUT2D eigenvalue weighted by molar-refractivity contribution is 0.417. The molecule has 1 aliphatic heterocycles. The standard InChI is InChI=1S/C11H16N2O3S/c1-16-11-8-9(4-5-10(11)12)13-6-2-3-7-17(13,14)15/h4-5,8H,2-3,6-7,12H2,1H3. The average Bonchev–Trinajstić information content (AvgIpc) is 2.30. The van der Waals surface area contributed by atoms with Crippen LogP contribution in [-0.4, -0.2) is 27.8 Å². The molecule has 0 aromatic heterocycles. The summed E-state index contributed by atoms with van der Waals surface area (Å²) in [5.74, 6) is 0.711.